The Kier molecular flexibility index (Phi) is 2.80. The molecule has 0 atom stereocenters. The van der Waals surface area contributed by atoms with Crippen molar-refractivity contribution in [1.82, 2.24) is 0 Å². The van der Waals surface area contributed by atoms with Crippen molar-refractivity contribution < 1.29 is 4.79 Å². The van der Waals surface area contributed by atoms with Crippen molar-refractivity contribution in [3.8, 4) is 0 Å². The highest BCUT2D eigenvalue weighted by Gasteiger charge is 2.42. The minimum absolute atomic E-state index is 0.0844. The Morgan fingerprint density at radius 2 is 1.71 bits per heavy atom. The molecule has 2 nitrogen and oxygen atoms in total. The molecule has 2 N–H and O–H groups in total. The maximum atomic E-state index is 11.1. The Morgan fingerprint density at radius 3 is 2.21 bits per heavy atom. The van der Waals surface area contributed by atoms with Gasteiger partial charge >= 0.3 is 0 Å². The summed E-state index contributed by atoms with van der Waals surface area (Å²) in [4.78, 5) is 11.1. The Bertz CT molecular complexity index is 212. The van der Waals surface area contributed by atoms with Crippen LogP contribution in [0.15, 0.2) is 0 Å². The first kappa shape index (κ1) is 10.0. The molecule has 2 heteroatoms. The van der Waals surface area contributed by atoms with Gasteiger partial charge in [-0.2, -0.15) is 0 Å². The van der Waals surface area contributed by atoms with Crippen LogP contribution in [0.25, 0.3) is 0 Å². The first-order valence-corrected chi connectivity index (χ1v) is 6.01. The van der Waals surface area contributed by atoms with E-state index in [9.17, 15) is 4.79 Å². The van der Waals surface area contributed by atoms with Gasteiger partial charge in [0.2, 0.25) is 5.91 Å². The van der Waals surface area contributed by atoms with Gasteiger partial charge in [-0.05, 0) is 37.0 Å². The maximum absolute atomic E-state index is 11.1. The monoisotopic (exact) mass is 195 g/mol. The average Bonchev–Trinajstić information content (AvgIpc) is 2.16. The van der Waals surface area contributed by atoms with Gasteiger partial charge in [0.15, 0.2) is 0 Å². The summed E-state index contributed by atoms with van der Waals surface area (Å²) in [5, 5.41) is 0. The van der Waals surface area contributed by atoms with E-state index >= 15 is 0 Å². The molecule has 14 heavy (non-hydrogen) atoms. The molecule has 2 aliphatic rings. The van der Waals surface area contributed by atoms with Crippen LogP contribution in [0.5, 0.6) is 0 Å². The average molecular weight is 195 g/mol. The Hall–Kier alpha value is -0.530. The molecule has 0 bridgehead atoms. The van der Waals surface area contributed by atoms with Gasteiger partial charge in [0, 0.05) is 6.42 Å². The van der Waals surface area contributed by atoms with E-state index in [1.807, 2.05) is 0 Å². The number of primary amides is 1. The molecule has 0 radical (unpaired) electrons. The zero-order chi connectivity index (χ0) is 10.0. The molecule has 80 valence electrons. The molecule has 0 unspecified atom stereocenters. The summed E-state index contributed by atoms with van der Waals surface area (Å²) >= 11 is 0. The summed E-state index contributed by atoms with van der Waals surface area (Å²) in [5.74, 6) is 0.719. The molecule has 0 spiro atoms. The van der Waals surface area contributed by atoms with E-state index in [-0.39, 0.29) is 5.91 Å². The van der Waals surface area contributed by atoms with Gasteiger partial charge < -0.3 is 5.73 Å². The minimum Gasteiger partial charge on any atom is -0.370 e. The lowest BCUT2D eigenvalue weighted by molar-refractivity contribution is -0.123. The summed E-state index contributed by atoms with van der Waals surface area (Å²) < 4.78 is 0. The van der Waals surface area contributed by atoms with E-state index in [0.29, 0.717) is 11.8 Å². The van der Waals surface area contributed by atoms with E-state index in [2.05, 4.69) is 0 Å². The third-order valence-electron chi connectivity index (χ3n) is 4.35. The Balaban J connectivity index is 2.11. The van der Waals surface area contributed by atoms with E-state index < -0.39 is 0 Å². The van der Waals surface area contributed by atoms with E-state index in [4.69, 9.17) is 5.73 Å². The number of rotatable bonds is 2. The standard InChI is InChI=1S/C12H21NO/c13-11(14)9-12-7-3-1-5-10(12)6-2-4-8-12/h10H,1-9H2,(H2,13,14). The summed E-state index contributed by atoms with van der Waals surface area (Å²) in [6.45, 7) is 0. The molecule has 0 aromatic heterocycles. The second-order valence-corrected chi connectivity index (χ2v) is 5.19. The highest BCUT2D eigenvalue weighted by Crippen LogP contribution is 2.52. The zero-order valence-electron chi connectivity index (χ0n) is 8.93. The fourth-order valence-corrected chi connectivity index (χ4v) is 3.69. The van der Waals surface area contributed by atoms with Crippen LogP contribution in [0, 0.1) is 11.3 Å². The predicted molar refractivity (Wildman–Crippen MR) is 56.7 cm³/mol. The van der Waals surface area contributed by atoms with Crippen LogP contribution in [0.3, 0.4) is 0 Å². The molecule has 2 rings (SSSR count). The van der Waals surface area contributed by atoms with Gasteiger partial charge in [-0.25, -0.2) is 0 Å². The zero-order valence-corrected chi connectivity index (χ0v) is 8.93. The number of fused-ring (bicyclic) bond motifs is 1. The lowest BCUT2D eigenvalue weighted by atomic mass is 9.58. The maximum Gasteiger partial charge on any atom is 0.217 e. The molecular formula is C12H21NO. The van der Waals surface area contributed by atoms with Crippen molar-refractivity contribution in [1.29, 1.82) is 0 Å². The van der Waals surface area contributed by atoms with Crippen LogP contribution in [-0.2, 0) is 4.79 Å². The van der Waals surface area contributed by atoms with Gasteiger partial charge in [0.25, 0.3) is 0 Å². The molecule has 2 saturated carbocycles. The van der Waals surface area contributed by atoms with Crippen molar-refractivity contribution in [2.75, 3.05) is 0 Å². The van der Waals surface area contributed by atoms with Crippen LogP contribution in [0.2, 0.25) is 0 Å². The van der Waals surface area contributed by atoms with Gasteiger partial charge in [-0.15, -0.1) is 0 Å². The molecule has 2 fully saturated rings. The lowest BCUT2D eigenvalue weighted by Crippen LogP contribution is -2.39. The van der Waals surface area contributed by atoms with Crippen molar-refractivity contribution in [3.05, 3.63) is 0 Å². The van der Waals surface area contributed by atoms with Crippen molar-refractivity contribution in [2.24, 2.45) is 17.1 Å². The SMILES string of the molecule is NC(=O)CC12CCCCC1CCCC2. The molecular weight excluding hydrogens is 174 g/mol. The molecule has 0 heterocycles. The highest BCUT2D eigenvalue weighted by molar-refractivity contribution is 5.74. The van der Waals surface area contributed by atoms with Crippen LogP contribution >= 0.6 is 0 Å². The van der Waals surface area contributed by atoms with Crippen LogP contribution in [0.4, 0.5) is 0 Å². The topological polar surface area (TPSA) is 43.1 Å². The second-order valence-electron chi connectivity index (χ2n) is 5.19. The fourth-order valence-electron chi connectivity index (χ4n) is 3.69. The minimum atomic E-state index is -0.0844. The molecule has 1 amide bonds. The largest absolute Gasteiger partial charge is 0.370 e. The molecule has 0 aliphatic heterocycles. The fraction of sp³-hybridized carbons (Fsp3) is 0.917. The highest BCUT2D eigenvalue weighted by atomic mass is 16.1. The number of carbonyl (C=O) groups is 1. The number of hydrogen-bond acceptors (Lipinski definition) is 1. The van der Waals surface area contributed by atoms with Crippen molar-refractivity contribution in [2.45, 2.75) is 57.8 Å². The van der Waals surface area contributed by atoms with E-state index in [0.717, 1.165) is 5.92 Å². The summed E-state index contributed by atoms with van der Waals surface area (Å²) in [6, 6.07) is 0. The van der Waals surface area contributed by atoms with Gasteiger partial charge in [-0.1, -0.05) is 25.7 Å². The third kappa shape index (κ3) is 1.79. The van der Waals surface area contributed by atoms with Crippen molar-refractivity contribution >= 4 is 5.91 Å². The predicted octanol–water partition coefficient (Wildman–Crippen LogP) is 2.61. The Labute approximate surface area is 86.2 Å². The lowest BCUT2D eigenvalue weighted by Gasteiger charge is -2.47. The number of nitrogens with two attached hydrogens (primary N) is 1. The smallest absolute Gasteiger partial charge is 0.217 e. The molecule has 0 aromatic rings. The van der Waals surface area contributed by atoms with Crippen LogP contribution in [0.1, 0.15) is 57.8 Å². The first-order valence-electron chi connectivity index (χ1n) is 6.01. The Morgan fingerprint density at radius 1 is 1.14 bits per heavy atom. The summed E-state index contributed by atoms with van der Waals surface area (Å²) in [7, 11) is 0. The number of carbonyl (C=O) groups excluding carboxylic acids is 1. The molecule has 0 saturated heterocycles. The summed E-state index contributed by atoms with van der Waals surface area (Å²) in [5.41, 5.74) is 5.71. The van der Waals surface area contributed by atoms with Crippen molar-refractivity contribution in [3.63, 3.8) is 0 Å². The van der Waals surface area contributed by atoms with Gasteiger partial charge in [0.1, 0.15) is 0 Å². The van der Waals surface area contributed by atoms with Gasteiger partial charge in [-0.3, -0.25) is 4.79 Å². The van der Waals surface area contributed by atoms with Crippen LogP contribution < -0.4 is 5.73 Å². The quantitative estimate of drug-likeness (QED) is 0.723. The number of hydrogen-bond donors (Lipinski definition) is 1. The molecule has 2 aliphatic carbocycles. The van der Waals surface area contributed by atoms with Crippen LogP contribution in [-0.4, -0.2) is 5.91 Å². The number of amides is 1. The van der Waals surface area contributed by atoms with E-state index in [1.165, 1.54) is 51.4 Å². The second kappa shape index (κ2) is 3.92. The summed E-state index contributed by atoms with van der Waals surface area (Å²) in [6.07, 6.45) is 11.2. The van der Waals surface area contributed by atoms with E-state index in [1.54, 1.807) is 0 Å². The normalized spacial score (nSPS) is 37.6. The third-order valence-corrected chi connectivity index (χ3v) is 4.35. The first-order chi connectivity index (χ1) is 6.73. The van der Waals surface area contributed by atoms with Gasteiger partial charge in [0.05, 0.1) is 0 Å². The molecule has 0 aromatic carbocycles.